The molecule has 0 radical (unpaired) electrons. The molecule has 2 rings (SSSR count). The van der Waals surface area contributed by atoms with Gasteiger partial charge in [-0.3, -0.25) is 4.79 Å². The molecular weight excluding hydrogens is 330 g/mol. The van der Waals surface area contributed by atoms with Crippen LogP contribution in [0.5, 0.6) is 0 Å². The molecule has 0 bridgehead atoms. The average molecular weight is 344 g/mol. The van der Waals surface area contributed by atoms with Crippen molar-refractivity contribution >= 4 is 27.5 Å². The lowest BCUT2D eigenvalue weighted by Crippen LogP contribution is -2.15. The summed E-state index contributed by atoms with van der Waals surface area (Å²) in [6, 6.07) is 12.9. The summed E-state index contributed by atoms with van der Waals surface area (Å²) in [5.41, 5.74) is 1.38. The first kappa shape index (κ1) is 15.2. The zero-order chi connectivity index (χ0) is 15.5. The highest BCUT2D eigenvalue weighted by atomic mass is 79.9. The van der Waals surface area contributed by atoms with Crippen LogP contribution in [0.3, 0.4) is 0 Å². The maximum atomic E-state index is 12.0. The van der Waals surface area contributed by atoms with Crippen molar-refractivity contribution in [2.45, 2.75) is 19.3 Å². The number of pyridine rings is 1. The molecule has 0 spiro atoms. The molecule has 0 fully saturated rings. The molecule has 0 saturated carbocycles. The lowest BCUT2D eigenvalue weighted by molar-refractivity contribution is 0.102. The standard InChI is InChI=1S/C16H14BrN3O/c1-16(2,10-18)11-3-6-13(7-4-11)20-15(21)14-8-5-12(17)9-19-14/h3-9H,1-2H3,(H,20,21). The number of amides is 1. The summed E-state index contributed by atoms with van der Waals surface area (Å²) in [6.45, 7) is 3.71. The third-order valence-electron chi connectivity index (χ3n) is 3.10. The molecule has 21 heavy (non-hydrogen) atoms. The molecule has 106 valence electrons. The van der Waals surface area contributed by atoms with Crippen LogP contribution >= 0.6 is 15.9 Å². The number of halogens is 1. The van der Waals surface area contributed by atoms with Gasteiger partial charge >= 0.3 is 0 Å². The van der Waals surface area contributed by atoms with Gasteiger partial charge in [0.1, 0.15) is 5.69 Å². The first-order chi connectivity index (χ1) is 9.92. The number of carbonyl (C=O) groups is 1. The van der Waals surface area contributed by atoms with Crippen LogP contribution in [-0.4, -0.2) is 10.9 Å². The summed E-state index contributed by atoms with van der Waals surface area (Å²) in [4.78, 5) is 16.1. The van der Waals surface area contributed by atoms with Gasteiger partial charge in [-0.1, -0.05) is 12.1 Å². The van der Waals surface area contributed by atoms with E-state index in [0.717, 1.165) is 10.0 Å². The second-order valence-corrected chi connectivity index (χ2v) is 6.05. The van der Waals surface area contributed by atoms with Gasteiger partial charge in [-0.2, -0.15) is 5.26 Å². The SMILES string of the molecule is CC(C)(C#N)c1ccc(NC(=O)c2ccc(Br)cn2)cc1. The summed E-state index contributed by atoms with van der Waals surface area (Å²) < 4.78 is 0.821. The lowest BCUT2D eigenvalue weighted by atomic mass is 9.86. The predicted octanol–water partition coefficient (Wildman–Crippen LogP) is 3.90. The molecule has 1 amide bonds. The van der Waals surface area contributed by atoms with Crippen molar-refractivity contribution in [1.82, 2.24) is 4.98 Å². The Morgan fingerprint density at radius 2 is 1.90 bits per heavy atom. The predicted molar refractivity (Wildman–Crippen MR) is 85.0 cm³/mol. The van der Waals surface area contributed by atoms with Crippen LogP contribution in [0, 0.1) is 11.3 Å². The van der Waals surface area contributed by atoms with Gasteiger partial charge in [-0.15, -0.1) is 0 Å². The van der Waals surface area contributed by atoms with E-state index in [4.69, 9.17) is 5.26 Å². The van der Waals surface area contributed by atoms with Crippen LogP contribution in [0.4, 0.5) is 5.69 Å². The minimum atomic E-state index is -0.546. The first-order valence-electron chi connectivity index (χ1n) is 6.37. The van der Waals surface area contributed by atoms with Crippen molar-refractivity contribution in [3.63, 3.8) is 0 Å². The van der Waals surface area contributed by atoms with Crippen molar-refractivity contribution in [3.05, 3.63) is 58.3 Å². The number of nitriles is 1. The van der Waals surface area contributed by atoms with E-state index >= 15 is 0 Å². The smallest absolute Gasteiger partial charge is 0.274 e. The Bertz CT molecular complexity index is 685. The van der Waals surface area contributed by atoms with Crippen molar-refractivity contribution < 1.29 is 4.79 Å². The number of nitrogens with zero attached hydrogens (tertiary/aromatic N) is 2. The Morgan fingerprint density at radius 1 is 1.24 bits per heavy atom. The lowest BCUT2D eigenvalue weighted by Gasteiger charge is -2.16. The van der Waals surface area contributed by atoms with E-state index in [1.165, 1.54) is 0 Å². The van der Waals surface area contributed by atoms with Gasteiger partial charge in [0.2, 0.25) is 0 Å². The van der Waals surface area contributed by atoms with Crippen molar-refractivity contribution in [2.24, 2.45) is 0 Å². The highest BCUT2D eigenvalue weighted by Crippen LogP contribution is 2.23. The Balaban J connectivity index is 2.12. The summed E-state index contributed by atoms with van der Waals surface area (Å²) in [6.07, 6.45) is 1.58. The van der Waals surface area contributed by atoms with Crippen LogP contribution in [0.15, 0.2) is 47.1 Å². The number of anilines is 1. The monoisotopic (exact) mass is 343 g/mol. The topological polar surface area (TPSA) is 65.8 Å². The summed E-state index contributed by atoms with van der Waals surface area (Å²) >= 11 is 3.27. The third kappa shape index (κ3) is 3.67. The molecule has 0 atom stereocenters. The highest BCUT2D eigenvalue weighted by Gasteiger charge is 2.19. The first-order valence-corrected chi connectivity index (χ1v) is 7.16. The highest BCUT2D eigenvalue weighted by molar-refractivity contribution is 9.10. The maximum absolute atomic E-state index is 12.0. The molecule has 0 aliphatic heterocycles. The van der Waals surface area contributed by atoms with Gasteiger partial charge in [0.15, 0.2) is 0 Å². The Kier molecular flexibility index (Phi) is 4.39. The van der Waals surface area contributed by atoms with E-state index in [0.29, 0.717) is 11.4 Å². The minimum Gasteiger partial charge on any atom is -0.321 e. The molecule has 1 aromatic carbocycles. The fourth-order valence-corrected chi connectivity index (χ4v) is 1.97. The molecule has 1 aromatic heterocycles. The van der Waals surface area contributed by atoms with Gasteiger partial charge in [-0.25, -0.2) is 4.98 Å². The maximum Gasteiger partial charge on any atom is 0.274 e. The number of hydrogen-bond donors (Lipinski definition) is 1. The van der Waals surface area contributed by atoms with E-state index in [2.05, 4.69) is 32.3 Å². The van der Waals surface area contributed by atoms with Gasteiger partial charge in [0.25, 0.3) is 5.91 Å². The third-order valence-corrected chi connectivity index (χ3v) is 3.57. The number of rotatable bonds is 3. The van der Waals surface area contributed by atoms with Crippen molar-refractivity contribution in [1.29, 1.82) is 5.26 Å². The largest absolute Gasteiger partial charge is 0.321 e. The van der Waals surface area contributed by atoms with Crippen molar-refractivity contribution in [2.75, 3.05) is 5.32 Å². The second-order valence-electron chi connectivity index (χ2n) is 5.13. The van der Waals surface area contributed by atoms with E-state index in [1.54, 1.807) is 30.5 Å². The molecule has 5 heteroatoms. The van der Waals surface area contributed by atoms with E-state index in [9.17, 15) is 4.79 Å². The summed E-state index contributed by atoms with van der Waals surface area (Å²) in [7, 11) is 0. The van der Waals surface area contributed by atoms with Gasteiger partial charge in [0, 0.05) is 16.4 Å². The molecule has 2 aromatic rings. The number of benzene rings is 1. The Labute approximate surface area is 132 Å². The summed E-state index contributed by atoms with van der Waals surface area (Å²) in [5.74, 6) is -0.269. The molecule has 0 aliphatic rings. The zero-order valence-electron chi connectivity index (χ0n) is 11.7. The number of nitrogens with one attached hydrogen (secondary N) is 1. The van der Waals surface area contributed by atoms with Gasteiger partial charge < -0.3 is 5.32 Å². The normalized spacial score (nSPS) is 10.8. The molecule has 0 unspecified atom stereocenters. The van der Waals surface area contributed by atoms with Gasteiger partial charge in [-0.05, 0) is 59.6 Å². The zero-order valence-corrected chi connectivity index (χ0v) is 13.3. The minimum absolute atomic E-state index is 0.269. The fourth-order valence-electron chi connectivity index (χ4n) is 1.74. The van der Waals surface area contributed by atoms with Gasteiger partial charge in [0.05, 0.1) is 11.5 Å². The number of aromatic nitrogens is 1. The molecule has 0 aliphatic carbocycles. The molecular formula is C16H14BrN3O. The van der Waals surface area contributed by atoms with Crippen LogP contribution in [-0.2, 0) is 5.41 Å². The number of carbonyl (C=O) groups excluding carboxylic acids is 1. The quantitative estimate of drug-likeness (QED) is 0.918. The van der Waals surface area contributed by atoms with E-state index < -0.39 is 5.41 Å². The van der Waals surface area contributed by atoms with Crippen LogP contribution in [0.1, 0.15) is 29.9 Å². The Morgan fingerprint density at radius 3 is 2.43 bits per heavy atom. The fraction of sp³-hybridized carbons (Fsp3) is 0.188. The molecule has 0 saturated heterocycles. The second kappa shape index (κ2) is 6.06. The summed E-state index contributed by atoms with van der Waals surface area (Å²) in [5, 5.41) is 11.9. The van der Waals surface area contributed by atoms with Crippen LogP contribution < -0.4 is 5.32 Å². The Hall–Kier alpha value is -2.19. The average Bonchev–Trinajstić information content (AvgIpc) is 2.48. The van der Waals surface area contributed by atoms with E-state index in [1.807, 2.05) is 26.0 Å². The molecule has 1 heterocycles. The van der Waals surface area contributed by atoms with E-state index in [-0.39, 0.29) is 5.91 Å². The number of hydrogen-bond acceptors (Lipinski definition) is 3. The van der Waals surface area contributed by atoms with Crippen molar-refractivity contribution in [3.8, 4) is 6.07 Å². The molecule has 1 N–H and O–H groups in total. The van der Waals surface area contributed by atoms with Crippen LogP contribution in [0.25, 0.3) is 0 Å². The molecule has 4 nitrogen and oxygen atoms in total. The van der Waals surface area contributed by atoms with Crippen LogP contribution in [0.2, 0.25) is 0 Å².